The molecule has 0 aromatic heterocycles. The Morgan fingerprint density at radius 3 is 2.65 bits per heavy atom. The van der Waals surface area contributed by atoms with E-state index in [4.69, 9.17) is 14.2 Å². The van der Waals surface area contributed by atoms with Crippen LogP contribution >= 0.6 is 11.8 Å². The summed E-state index contributed by atoms with van der Waals surface area (Å²) < 4.78 is 16.7. The average Bonchev–Trinajstić information content (AvgIpc) is 2.42. The van der Waals surface area contributed by atoms with Gasteiger partial charge in [-0.1, -0.05) is 30.0 Å². The number of esters is 1. The normalized spacial score (nSPS) is 29.9. The minimum Gasteiger partial charge on any atom is -0.457 e. The van der Waals surface area contributed by atoms with Gasteiger partial charge in [0.15, 0.2) is 6.10 Å². The van der Waals surface area contributed by atoms with Gasteiger partial charge in [-0.25, -0.2) is 0 Å². The van der Waals surface area contributed by atoms with Crippen molar-refractivity contribution >= 4 is 17.7 Å². The summed E-state index contributed by atoms with van der Waals surface area (Å²) in [6.07, 6.45) is 0.0334. The van der Waals surface area contributed by atoms with Crippen molar-refractivity contribution in [3.8, 4) is 0 Å². The number of carbonyl (C=O) groups is 1. The molecular weight excluding hydrogens is 276 g/mol. The smallest absolute Gasteiger partial charge is 0.303 e. The fourth-order valence-corrected chi connectivity index (χ4v) is 3.45. The van der Waals surface area contributed by atoms with E-state index in [-0.39, 0.29) is 29.7 Å². The quantitative estimate of drug-likeness (QED) is 0.799. The molecule has 0 unspecified atom stereocenters. The minimum atomic E-state index is -0.342. The van der Waals surface area contributed by atoms with Crippen molar-refractivity contribution in [2.45, 2.75) is 48.9 Å². The van der Waals surface area contributed by atoms with Crippen LogP contribution in [-0.2, 0) is 19.0 Å². The van der Waals surface area contributed by atoms with Crippen molar-refractivity contribution in [2.24, 2.45) is 0 Å². The highest BCUT2D eigenvalue weighted by molar-refractivity contribution is 7.99. The monoisotopic (exact) mass is 296 g/mol. The van der Waals surface area contributed by atoms with E-state index in [1.54, 1.807) is 18.9 Å². The maximum atomic E-state index is 11.2. The topological polar surface area (TPSA) is 44.8 Å². The Kier molecular flexibility index (Phi) is 5.46. The molecule has 0 N–H and O–H groups in total. The zero-order valence-electron chi connectivity index (χ0n) is 11.9. The molecule has 1 heterocycles. The number of thioether (sulfide) groups is 1. The molecule has 1 fully saturated rings. The lowest BCUT2D eigenvalue weighted by atomic mass is 10.0. The van der Waals surface area contributed by atoms with Gasteiger partial charge in [-0.15, -0.1) is 0 Å². The molecule has 0 saturated carbocycles. The zero-order chi connectivity index (χ0) is 14.5. The van der Waals surface area contributed by atoms with Gasteiger partial charge in [0.2, 0.25) is 0 Å². The molecule has 1 aromatic rings. The van der Waals surface area contributed by atoms with E-state index in [2.05, 4.69) is 12.1 Å². The molecule has 0 bridgehead atoms. The Morgan fingerprint density at radius 2 is 2.05 bits per heavy atom. The molecule has 0 radical (unpaired) electrons. The predicted molar refractivity (Wildman–Crippen MR) is 77.6 cm³/mol. The summed E-state index contributed by atoms with van der Waals surface area (Å²) in [4.78, 5) is 12.3. The van der Waals surface area contributed by atoms with Gasteiger partial charge in [0, 0.05) is 25.3 Å². The first kappa shape index (κ1) is 15.4. The second kappa shape index (κ2) is 7.11. The van der Waals surface area contributed by atoms with Gasteiger partial charge in [-0.05, 0) is 19.1 Å². The molecule has 110 valence electrons. The van der Waals surface area contributed by atoms with Gasteiger partial charge >= 0.3 is 5.97 Å². The fraction of sp³-hybridized carbons (Fsp3) is 0.533. The Morgan fingerprint density at radius 1 is 1.35 bits per heavy atom. The van der Waals surface area contributed by atoms with Gasteiger partial charge in [0.25, 0.3) is 0 Å². The van der Waals surface area contributed by atoms with Crippen LogP contribution in [0.1, 0.15) is 20.3 Å². The van der Waals surface area contributed by atoms with Crippen molar-refractivity contribution in [3.63, 3.8) is 0 Å². The second-order valence-electron chi connectivity index (χ2n) is 4.79. The molecule has 20 heavy (non-hydrogen) atoms. The first-order valence-electron chi connectivity index (χ1n) is 6.67. The van der Waals surface area contributed by atoms with Crippen LogP contribution in [0.5, 0.6) is 0 Å². The highest BCUT2D eigenvalue weighted by atomic mass is 32.2. The highest BCUT2D eigenvalue weighted by Gasteiger charge is 2.39. The molecular formula is C15H20O4S. The standard InChI is InChI=1S/C15H20O4S/c1-10-15(19-11(2)16)13(17-3)9-14(18-10)20-12-7-5-4-6-8-12/h4-8,10,13-15H,9H2,1-3H3/t10-,13-,14+,15+/m0/s1. The van der Waals surface area contributed by atoms with E-state index < -0.39 is 0 Å². The van der Waals surface area contributed by atoms with Gasteiger partial charge in [0.1, 0.15) is 5.44 Å². The molecule has 1 aliphatic rings. The summed E-state index contributed by atoms with van der Waals surface area (Å²) in [6, 6.07) is 10.1. The van der Waals surface area contributed by atoms with Crippen LogP contribution in [-0.4, -0.2) is 36.8 Å². The van der Waals surface area contributed by atoms with E-state index in [0.717, 1.165) is 4.90 Å². The molecule has 1 saturated heterocycles. The molecule has 0 amide bonds. The molecule has 1 aliphatic heterocycles. The maximum absolute atomic E-state index is 11.2. The van der Waals surface area contributed by atoms with Crippen LogP contribution in [0, 0.1) is 0 Å². The molecule has 2 rings (SSSR count). The van der Waals surface area contributed by atoms with Crippen LogP contribution in [0.3, 0.4) is 0 Å². The third-order valence-electron chi connectivity index (χ3n) is 3.24. The van der Waals surface area contributed by atoms with Gasteiger partial charge in [-0.2, -0.15) is 0 Å². The number of methoxy groups -OCH3 is 1. The number of ether oxygens (including phenoxy) is 3. The molecule has 4 atom stereocenters. The van der Waals surface area contributed by atoms with Crippen molar-refractivity contribution in [1.29, 1.82) is 0 Å². The van der Waals surface area contributed by atoms with Crippen LogP contribution in [0.25, 0.3) is 0 Å². The Hall–Kier alpha value is -1.04. The first-order valence-corrected chi connectivity index (χ1v) is 7.55. The van der Waals surface area contributed by atoms with Crippen LogP contribution in [0.15, 0.2) is 35.2 Å². The van der Waals surface area contributed by atoms with Crippen LogP contribution < -0.4 is 0 Å². The Bertz CT molecular complexity index is 437. The number of benzene rings is 1. The van der Waals surface area contributed by atoms with E-state index in [0.29, 0.717) is 6.42 Å². The first-order chi connectivity index (χ1) is 9.60. The number of rotatable bonds is 4. The predicted octanol–water partition coefficient (Wildman–Crippen LogP) is 2.86. The molecule has 1 aromatic carbocycles. The lowest BCUT2D eigenvalue weighted by molar-refractivity contribution is -0.185. The second-order valence-corrected chi connectivity index (χ2v) is 6.02. The number of hydrogen-bond acceptors (Lipinski definition) is 5. The van der Waals surface area contributed by atoms with E-state index in [9.17, 15) is 4.79 Å². The highest BCUT2D eigenvalue weighted by Crippen LogP contribution is 2.34. The van der Waals surface area contributed by atoms with Gasteiger partial charge < -0.3 is 14.2 Å². The SMILES string of the molecule is CO[C@H]1C[C@@H](Sc2ccccc2)O[C@@H](C)[C@H]1OC(C)=O. The zero-order valence-corrected chi connectivity index (χ0v) is 12.8. The third-order valence-corrected chi connectivity index (χ3v) is 4.35. The van der Waals surface area contributed by atoms with Crippen molar-refractivity contribution < 1.29 is 19.0 Å². The summed E-state index contributed by atoms with van der Waals surface area (Å²) in [5.41, 5.74) is 0.00385. The maximum Gasteiger partial charge on any atom is 0.303 e. The van der Waals surface area contributed by atoms with Gasteiger partial charge in [0.05, 0.1) is 12.2 Å². The summed E-state index contributed by atoms with van der Waals surface area (Å²) in [5.74, 6) is -0.304. The summed E-state index contributed by atoms with van der Waals surface area (Å²) >= 11 is 1.67. The average molecular weight is 296 g/mol. The third kappa shape index (κ3) is 3.98. The Labute approximate surface area is 123 Å². The number of hydrogen-bond donors (Lipinski definition) is 0. The molecule has 5 heteroatoms. The number of carbonyl (C=O) groups excluding carboxylic acids is 1. The molecule has 0 spiro atoms. The summed E-state index contributed by atoms with van der Waals surface area (Å²) in [7, 11) is 1.64. The Balaban J connectivity index is 2.00. The van der Waals surface area contributed by atoms with Gasteiger partial charge in [-0.3, -0.25) is 4.79 Å². The van der Waals surface area contributed by atoms with Crippen LogP contribution in [0.2, 0.25) is 0 Å². The largest absolute Gasteiger partial charge is 0.457 e. The molecule has 4 nitrogen and oxygen atoms in total. The van der Waals surface area contributed by atoms with E-state index in [1.807, 2.05) is 25.1 Å². The summed E-state index contributed by atoms with van der Waals surface area (Å²) in [6.45, 7) is 3.32. The minimum absolute atomic E-state index is 0.00385. The van der Waals surface area contributed by atoms with E-state index in [1.165, 1.54) is 6.92 Å². The lowest BCUT2D eigenvalue weighted by Gasteiger charge is -2.38. The van der Waals surface area contributed by atoms with Crippen molar-refractivity contribution in [3.05, 3.63) is 30.3 Å². The fourth-order valence-electron chi connectivity index (χ4n) is 2.32. The van der Waals surface area contributed by atoms with Crippen molar-refractivity contribution in [1.82, 2.24) is 0 Å². The van der Waals surface area contributed by atoms with Crippen molar-refractivity contribution in [2.75, 3.05) is 7.11 Å². The van der Waals surface area contributed by atoms with E-state index >= 15 is 0 Å². The molecule has 0 aliphatic carbocycles. The summed E-state index contributed by atoms with van der Waals surface area (Å²) in [5, 5.41) is 0. The van der Waals surface area contributed by atoms with Crippen LogP contribution in [0.4, 0.5) is 0 Å². The lowest BCUT2D eigenvalue weighted by Crippen LogP contribution is -2.49.